The number of aliphatic hydroxyl groups is 2. The second-order valence-electron chi connectivity index (χ2n) is 14.4. The van der Waals surface area contributed by atoms with Crippen molar-refractivity contribution < 1.29 is 33.5 Å². The molecule has 51 heavy (non-hydrogen) atoms. The third-order valence-corrected chi connectivity index (χ3v) is 10.3. The summed E-state index contributed by atoms with van der Waals surface area (Å²) in [6.07, 6.45) is 38.4. The van der Waals surface area contributed by atoms with E-state index in [0.29, 0.717) is 12.8 Å². The minimum atomic E-state index is -4.40. The lowest BCUT2D eigenvalue weighted by Gasteiger charge is -2.24. The number of phosphoric ester groups is 1. The van der Waals surface area contributed by atoms with E-state index < -0.39 is 38.6 Å². The molecule has 0 aromatic heterocycles. The van der Waals surface area contributed by atoms with E-state index in [2.05, 4.69) is 31.3 Å². The average Bonchev–Trinajstić information content (AvgIpc) is 3.10. The van der Waals surface area contributed by atoms with E-state index >= 15 is 0 Å². The van der Waals surface area contributed by atoms with Crippen LogP contribution in [0.3, 0.4) is 0 Å². The highest BCUT2D eigenvalue weighted by Gasteiger charge is 2.27. The van der Waals surface area contributed by atoms with Crippen molar-refractivity contribution in [2.24, 2.45) is 5.73 Å². The van der Waals surface area contributed by atoms with Gasteiger partial charge in [0.25, 0.3) is 0 Å². The summed E-state index contributed by atoms with van der Waals surface area (Å²) >= 11 is 0. The fourth-order valence-electron chi connectivity index (χ4n) is 6.13. The van der Waals surface area contributed by atoms with Crippen molar-refractivity contribution in [1.82, 2.24) is 5.32 Å². The lowest BCUT2D eigenvalue weighted by atomic mass is 10.0. The van der Waals surface area contributed by atoms with Crippen molar-refractivity contribution in [3.05, 3.63) is 24.3 Å². The van der Waals surface area contributed by atoms with Crippen LogP contribution in [-0.2, 0) is 18.4 Å². The molecule has 4 unspecified atom stereocenters. The molecule has 0 aliphatic heterocycles. The normalized spacial score (nSPS) is 15.0. The Morgan fingerprint density at radius 1 is 0.667 bits per heavy atom. The minimum absolute atomic E-state index is 0.0459. The number of nitrogens with two attached hydrogens (primary N) is 1. The summed E-state index contributed by atoms with van der Waals surface area (Å²) in [5.74, 6) is -0.455. The minimum Gasteiger partial charge on any atom is -0.393 e. The van der Waals surface area contributed by atoms with Crippen molar-refractivity contribution in [2.75, 3.05) is 19.8 Å². The Morgan fingerprint density at radius 3 is 1.63 bits per heavy atom. The molecule has 0 saturated carbocycles. The Morgan fingerprint density at radius 2 is 1.12 bits per heavy atom. The van der Waals surface area contributed by atoms with Crippen LogP contribution in [0, 0.1) is 0 Å². The first-order chi connectivity index (χ1) is 24.8. The van der Waals surface area contributed by atoms with Gasteiger partial charge < -0.3 is 26.2 Å². The maximum Gasteiger partial charge on any atom is 0.472 e. The number of hydrogen-bond acceptors (Lipinski definition) is 7. The van der Waals surface area contributed by atoms with Crippen LogP contribution in [0.5, 0.6) is 0 Å². The predicted molar refractivity (Wildman–Crippen MR) is 214 cm³/mol. The van der Waals surface area contributed by atoms with Gasteiger partial charge >= 0.3 is 7.82 Å². The van der Waals surface area contributed by atoms with Crippen molar-refractivity contribution >= 4 is 13.7 Å². The van der Waals surface area contributed by atoms with Crippen LogP contribution in [0.25, 0.3) is 0 Å². The van der Waals surface area contributed by atoms with Crippen LogP contribution in [0.2, 0.25) is 0 Å². The molecule has 0 spiro atoms. The maximum atomic E-state index is 12.8. The van der Waals surface area contributed by atoms with Gasteiger partial charge in [0.05, 0.1) is 37.9 Å². The molecule has 0 radical (unpaired) electrons. The third-order valence-electron chi connectivity index (χ3n) is 9.33. The van der Waals surface area contributed by atoms with E-state index in [1.165, 1.54) is 128 Å². The molecule has 0 fully saturated rings. The smallest absolute Gasteiger partial charge is 0.393 e. The van der Waals surface area contributed by atoms with E-state index in [1.807, 2.05) is 6.08 Å². The molecular formula is C41H81N2O7P. The van der Waals surface area contributed by atoms with Crippen molar-refractivity contribution in [2.45, 2.75) is 212 Å². The van der Waals surface area contributed by atoms with Crippen LogP contribution < -0.4 is 11.1 Å². The van der Waals surface area contributed by atoms with Gasteiger partial charge in [0.15, 0.2) is 0 Å². The Kier molecular flexibility index (Phi) is 36.5. The number of carbonyl (C=O) groups is 1. The number of carbonyl (C=O) groups excluding carboxylic acids is 1. The molecule has 0 bridgehead atoms. The number of aliphatic hydroxyl groups excluding tert-OH is 2. The third kappa shape index (κ3) is 35.7. The molecule has 0 saturated heterocycles. The van der Waals surface area contributed by atoms with E-state index in [4.69, 9.17) is 14.8 Å². The number of hydrogen-bond donors (Lipinski definition) is 5. The summed E-state index contributed by atoms with van der Waals surface area (Å²) in [5.41, 5.74) is 5.35. The Hall–Kier alpha value is -1.06. The number of amides is 1. The molecule has 302 valence electrons. The van der Waals surface area contributed by atoms with E-state index in [-0.39, 0.29) is 19.6 Å². The quantitative estimate of drug-likeness (QED) is 0.0237. The monoisotopic (exact) mass is 745 g/mol. The van der Waals surface area contributed by atoms with Crippen LogP contribution in [-0.4, -0.2) is 59.0 Å². The fourth-order valence-corrected chi connectivity index (χ4v) is 6.89. The fraction of sp³-hybridized carbons (Fsp3) is 0.878. The number of phosphoric acid groups is 1. The first-order valence-corrected chi connectivity index (χ1v) is 22.5. The first-order valence-electron chi connectivity index (χ1n) is 21.0. The SMILES string of the molecule is CCCCCCCCC/C=C/CC/C=C/C(O)C(COP(=O)(O)OCCN)NC(=O)CC(O)CCCCCCCCCCCCCCCCCC. The zero-order valence-electron chi connectivity index (χ0n) is 33.0. The molecule has 4 atom stereocenters. The molecular weight excluding hydrogens is 663 g/mol. The van der Waals surface area contributed by atoms with Crippen LogP contribution in [0.15, 0.2) is 24.3 Å². The summed E-state index contributed by atoms with van der Waals surface area (Å²) in [5, 5.41) is 24.0. The number of unbranched alkanes of at least 4 members (excludes halogenated alkanes) is 23. The van der Waals surface area contributed by atoms with Gasteiger partial charge in [-0.25, -0.2) is 4.57 Å². The van der Waals surface area contributed by atoms with Crippen LogP contribution >= 0.6 is 7.82 Å². The summed E-state index contributed by atoms with van der Waals surface area (Å²) < 4.78 is 22.0. The molecule has 9 nitrogen and oxygen atoms in total. The van der Waals surface area contributed by atoms with Crippen molar-refractivity contribution in [3.63, 3.8) is 0 Å². The summed E-state index contributed by atoms with van der Waals surface area (Å²) in [6, 6.07) is -0.994. The first kappa shape index (κ1) is 49.9. The lowest BCUT2D eigenvalue weighted by molar-refractivity contribution is -0.124. The van der Waals surface area contributed by atoms with Gasteiger partial charge in [-0.15, -0.1) is 0 Å². The van der Waals surface area contributed by atoms with Gasteiger partial charge in [-0.3, -0.25) is 13.8 Å². The van der Waals surface area contributed by atoms with Gasteiger partial charge in [0, 0.05) is 6.54 Å². The van der Waals surface area contributed by atoms with Gasteiger partial charge in [-0.05, 0) is 32.1 Å². The highest BCUT2D eigenvalue weighted by molar-refractivity contribution is 7.47. The number of allylic oxidation sites excluding steroid dienone is 3. The molecule has 0 aromatic rings. The van der Waals surface area contributed by atoms with Gasteiger partial charge in [-0.1, -0.05) is 179 Å². The lowest BCUT2D eigenvalue weighted by Crippen LogP contribution is -2.46. The Balaban J connectivity index is 4.35. The molecule has 0 aliphatic rings. The molecule has 1 amide bonds. The molecule has 0 rings (SSSR count). The second kappa shape index (κ2) is 37.3. The van der Waals surface area contributed by atoms with Crippen molar-refractivity contribution in [1.29, 1.82) is 0 Å². The van der Waals surface area contributed by atoms with Gasteiger partial charge in [0.2, 0.25) is 5.91 Å². The van der Waals surface area contributed by atoms with E-state index in [0.717, 1.165) is 32.1 Å². The van der Waals surface area contributed by atoms with Gasteiger partial charge in [-0.2, -0.15) is 0 Å². The van der Waals surface area contributed by atoms with Gasteiger partial charge in [0.1, 0.15) is 0 Å². The number of rotatable bonds is 39. The predicted octanol–water partition coefficient (Wildman–Crippen LogP) is 10.4. The topological polar surface area (TPSA) is 151 Å². The standard InChI is InChI=1S/C41H81N2O7P/c1-3-5-7-9-11-13-15-17-18-19-21-22-24-26-28-30-32-38(44)36-41(46)43-39(37-50-51(47,48)49-35-34-42)40(45)33-31-29-27-25-23-20-16-14-12-10-8-6-4-2/h23,25,31,33,38-40,44-45H,3-22,24,26-30,32,34-37,42H2,1-2H3,(H,43,46)(H,47,48)/b25-23+,33-31+. The zero-order valence-corrected chi connectivity index (χ0v) is 33.9. The average molecular weight is 745 g/mol. The second-order valence-corrected chi connectivity index (χ2v) is 15.8. The van der Waals surface area contributed by atoms with E-state index in [1.54, 1.807) is 6.08 Å². The largest absolute Gasteiger partial charge is 0.472 e. The molecule has 0 heterocycles. The molecule has 0 aromatic carbocycles. The van der Waals surface area contributed by atoms with Crippen molar-refractivity contribution in [3.8, 4) is 0 Å². The van der Waals surface area contributed by atoms with Crippen LogP contribution in [0.4, 0.5) is 0 Å². The maximum absolute atomic E-state index is 12.8. The Labute approximate surface area is 313 Å². The number of nitrogens with one attached hydrogen (secondary N) is 1. The summed E-state index contributed by atoms with van der Waals surface area (Å²) in [4.78, 5) is 22.7. The molecule has 10 heteroatoms. The summed E-state index contributed by atoms with van der Waals surface area (Å²) in [6.45, 7) is 3.94. The summed E-state index contributed by atoms with van der Waals surface area (Å²) in [7, 11) is -4.40. The highest BCUT2D eigenvalue weighted by Crippen LogP contribution is 2.43. The zero-order chi connectivity index (χ0) is 37.7. The van der Waals surface area contributed by atoms with E-state index in [9.17, 15) is 24.5 Å². The molecule has 0 aliphatic carbocycles. The van der Waals surface area contributed by atoms with Crippen LogP contribution in [0.1, 0.15) is 194 Å². The highest BCUT2D eigenvalue weighted by atomic mass is 31.2. The molecule has 6 N–H and O–H groups in total. The Bertz CT molecular complexity index is 873.